The molecule has 2 saturated heterocycles. The first-order valence-corrected chi connectivity index (χ1v) is 11.2. The Kier molecular flexibility index (Phi) is 6.19. The third kappa shape index (κ3) is 4.80. The van der Waals surface area contributed by atoms with Gasteiger partial charge in [-0.15, -0.1) is 0 Å². The van der Waals surface area contributed by atoms with E-state index < -0.39 is 0 Å². The van der Waals surface area contributed by atoms with Crippen molar-refractivity contribution in [3.63, 3.8) is 0 Å². The number of piperazine rings is 2. The van der Waals surface area contributed by atoms with E-state index in [-0.39, 0.29) is 5.91 Å². The fraction of sp³-hybridized carbons (Fsp3) is 0.476. The number of aromatic nitrogens is 2. The molecule has 0 saturated carbocycles. The van der Waals surface area contributed by atoms with Crippen molar-refractivity contribution in [3.05, 3.63) is 45.2 Å². The molecule has 7 nitrogen and oxygen atoms in total. The molecule has 8 heteroatoms. The molecule has 4 rings (SSSR count). The standard InChI is InChI=1S/C21H27IN6O/c1-16-14-19(26-8-6-25(2)7-9-26)24-21(23-16)28-12-10-27(11-13-28)20(29)17-4-3-5-18(22)15-17/h3-5,14-15H,6-13H2,1-2H3. The molecule has 0 aliphatic carbocycles. The third-order valence-corrected chi connectivity index (χ3v) is 6.25. The zero-order chi connectivity index (χ0) is 20.4. The molecule has 2 aromatic rings. The first-order valence-electron chi connectivity index (χ1n) is 10.1. The summed E-state index contributed by atoms with van der Waals surface area (Å²) in [6.07, 6.45) is 0. The summed E-state index contributed by atoms with van der Waals surface area (Å²) in [6.45, 7) is 8.99. The van der Waals surface area contributed by atoms with E-state index in [1.165, 1.54) is 0 Å². The number of carbonyl (C=O) groups excluding carboxylic acids is 1. The number of hydrogen-bond acceptors (Lipinski definition) is 6. The lowest BCUT2D eigenvalue weighted by Gasteiger charge is -2.36. The van der Waals surface area contributed by atoms with E-state index in [9.17, 15) is 4.79 Å². The van der Waals surface area contributed by atoms with E-state index in [0.29, 0.717) is 13.1 Å². The molecule has 3 heterocycles. The Morgan fingerprint density at radius 3 is 2.31 bits per heavy atom. The van der Waals surface area contributed by atoms with Gasteiger partial charge in [0, 0.05) is 73.3 Å². The molecule has 1 aromatic carbocycles. The van der Waals surface area contributed by atoms with Crippen LogP contribution in [0.5, 0.6) is 0 Å². The van der Waals surface area contributed by atoms with Crippen LogP contribution in [0.4, 0.5) is 11.8 Å². The van der Waals surface area contributed by atoms with Crippen LogP contribution in [0.3, 0.4) is 0 Å². The van der Waals surface area contributed by atoms with Gasteiger partial charge in [-0.25, -0.2) is 4.98 Å². The highest BCUT2D eigenvalue weighted by Gasteiger charge is 2.25. The summed E-state index contributed by atoms with van der Waals surface area (Å²) >= 11 is 2.24. The molecule has 2 fully saturated rings. The van der Waals surface area contributed by atoms with Crippen LogP contribution in [-0.2, 0) is 0 Å². The highest BCUT2D eigenvalue weighted by Crippen LogP contribution is 2.20. The molecular weight excluding hydrogens is 479 g/mol. The maximum atomic E-state index is 12.8. The normalized spacial score (nSPS) is 18.2. The monoisotopic (exact) mass is 506 g/mol. The van der Waals surface area contributed by atoms with Gasteiger partial charge in [0.05, 0.1) is 0 Å². The quantitative estimate of drug-likeness (QED) is 0.595. The van der Waals surface area contributed by atoms with E-state index in [1.807, 2.05) is 36.1 Å². The number of likely N-dealkylation sites (N-methyl/N-ethyl adjacent to an activating group) is 1. The lowest BCUT2D eigenvalue weighted by molar-refractivity contribution is 0.0746. The molecule has 2 aliphatic heterocycles. The van der Waals surface area contributed by atoms with Crippen molar-refractivity contribution in [1.82, 2.24) is 19.8 Å². The van der Waals surface area contributed by atoms with Crippen LogP contribution in [0, 0.1) is 10.5 Å². The van der Waals surface area contributed by atoms with Gasteiger partial charge in [0.2, 0.25) is 5.95 Å². The van der Waals surface area contributed by atoms with Crippen LogP contribution < -0.4 is 9.80 Å². The minimum absolute atomic E-state index is 0.103. The van der Waals surface area contributed by atoms with Crippen molar-refractivity contribution < 1.29 is 4.79 Å². The first kappa shape index (κ1) is 20.3. The minimum atomic E-state index is 0.103. The van der Waals surface area contributed by atoms with E-state index >= 15 is 0 Å². The molecule has 0 radical (unpaired) electrons. The van der Waals surface area contributed by atoms with E-state index in [1.54, 1.807) is 0 Å². The van der Waals surface area contributed by atoms with Gasteiger partial charge < -0.3 is 19.6 Å². The molecule has 0 atom stereocenters. The fourth-order valence-corrected chi connectivity index (χ4v) is 4.33. The number of nitrogens with zero attached hydrogens (tertiary/aromatic N) is 6. The molecule has 0 bridgehead atoms. The Bertz CT molecular complexity index is 875. The van der Waals surface area contributed by atoms with Gasteiger partial charge in [-0.3, -0.25) is 4.79 Å². The Labute approximate surface area is 185 Å². The topological polar surface area (TPSA) is 55.8 Å². The Balaban J connectivity index is 1.42. The minimum Gasteiger partial charge on any atom is -0.354 e. The zero-order valence-electron chi connectivity index (χ0n) is 17.0. The molecule has 2 aliphatic rings. The van der Waals surface area contributed by atoms with Gasteiger partial charge in [-0.05, 0) is 54.8 Å². The van der Waals surface area contributed by atoms with Crippen LogP contribution in [0.15, 0.2) is 30.3 Å². The number of aryl methyl sites for hydroxylation is 1. The largest absolute Gasteiger partial charge is 0.354 e. The van der Waals surface area contributed by atoms with E-state index in [0.717, 1.165) is 65.9 Å². The molecule has 0 N–H and O–H groups in total. The Hall–Kier alpha value is -1.94. The van der Waals surface area contributed by atoms with Crippen molar-refractivity contribution in [2.24, 2.45) is 0 Å². The summed E-state index contributed by atoms with van der Waals surface area (Å²) in [7, 11) is 2.16. The summed E-state index contributed by atoms with van der Waals surface area (Å²) in [5.74, 6) is 1.89. The number of amides is 1. The smallest absolute Gasteiger partial charge is 0.254 e. The molecular formula is C21H27IN6O. The molecule has 154 valence electrons. The Morgan fingerprint density at radius 2 is 1.62 bits per heavy atom. The average molecular weight is 506 g/mol. The number of hydrogen-bond donors (Lipinski definition) is 0. The second-order valence-electron chi connectivity index (χ2n) is 7.75. The van der Waals surface area contributed by atoms with Gasteiger partial charge in [0.25, 0.3) is 5.91 Å². The summed E-state index contributed by atoms with van der Waals surface area (Å²) < 4.78 is 1.08. The van der Waals surface area contributed by atoms with Crippen LogP contribution >= 0.6 is 22.6 Å². The predicted molar refractivity (Wildman–Crippen MR) is 124 cm³/mol. The molecule has 1 amide bonds. The zero-order valence-corrected chi connectivity index (χ0v) is 19.2. The SMILES string of the molecule is Cc1cc(N2CCN(C)CC2)nc(N2CCN(C(=O)c3cccc(I)c3)CC2)n1. The average Bonchev–Trinajstić information content (AvgIpc) is 2.73. The van der Waals surface area contributed by atoms with Crippen LogP contribution in [-0.4, -0.2) is 85.1 Å². The Morgan fingerprint density at radius 1 is 0.931 bits per heavy atom. The first-order chi connectivity index (χ1) is 14.0. The third-order valence-electron chi connectivity index (χ3n) is 5.58. The van der Waals surface area contributed by atoms with Gasteiger partial charge in [0.15, 0.2) is 0 Å². The maximum Gasteiger partial charge on any atom is 0.254 e. The fourth-order valence-electron chi connectivity index (χ4n) is 3.79. The van der Waals surface area contributed by atoms with E-state index in [4.69, 9.17) is 4.98 Å². The summed E-state index contributed by atoms with van der Waals surface area (Å²) in [6, 6.07) is 9.85. The van der Waals surface area contributed by atoms with Crippen LogP contribution in [0.2, 0.25) is 0 Å². The summed E-state index contributed by atoms with van der Waals surface area (Å²) in [5, 5.41) is 0. The highest BCUT2D eigenvalue weighted by atomic mass is 127. The lowest BCUT2D eigenvalue weighted by atomic mass is 10.2. The van der Waals surface area contributed by atoms with Crippen molar-refractivity contribution in [3.8, 4) is 0 Å². The second-order valence-corrected chi connectivity index (χ2v) is 8.99. The van der Waals surface area contributed by atoms with Gasteiger partial charge in [0.1, 0.15) is 5.82 Å². The number of anilines is 2. The van der Waals surface area contributed by atoms with Crippen molar-refractivity contribution in [1.29, 1.82) is 0 Å². The summed E-state index contributed by atoms with van der Waals surface area (Å²) in [5.41, 5.74) is 1.75. The molecule has 1 aromatic heterocycles. The molecule has 0 unspecified atom stereocenters. The van der Waals surface area contributed by atoms with Crippen molar-refractivity contribution >= 4 is 40.3 Å². The van der Waals surface area contributed by atoms with Gasteiger partial charge in [-0.2, -0.15) is 4.98 Å². The number of halogens is 1. The second kappa shape index (κ2) is 8.83. The van der Waals surface area contributed by atoms with Crippen LogP contribution in [0.25, 0.3) is 0 Å². The van der Waals surface area contributed by atoms with Crippen molar-refractivity contribution in [2.45, 2.75) is 6.92 Å². The predicted octanol–water partition coefficient (Wildman–Crippen LogP) is 2.10. The lowest BCUT2D eigenvalue weighted by Crippen LogP contribution is -2.49. The molecule has 0 spiro atoms. The number of benzene rings is 1. The van der Waals surface area contributed by atoms with E-state index in [2.05, 4.69) is 55.4 Å². The number of carbonyl (C=O) groups is 1. The molecule has 29 heavy (non-hydrogen) atoms. The number of rotatable bonds is 3. The van der Waals surface area contributed by atoms with Crippen molar-refractivity contribution in [2.75, 3.05) is 69.2 Å². The maximum absolute atomic E-state index is 12.8. The highest BCUT2D eigenvalue weighted by molar-refractivity contribution is 14.1. The van der Waals surface area contributed by atoms with Gasteiger partial charge >= 0.3 is 0 Å². The van der Waals surface area contributed by atoms with Gasteiger partial charge in [-0.1, -0.05) is 6.07 Å². The van der Waals surface area contributed by atoms with Crippen LogP contribution in [0.1, 0.15) is 16.1 Å². The summed E-state index contributed by atoms with van der Waals surface area (Å²) in [4.78, 5) is 31.2.